The second-order valence-electron chi connectivity index (χ2n) is 4.96. The summed E-state index contributed by atoms with van der Waals surface area (Å²) in [5, 5.41) is 3.75. The molecule has 1 aliphatic heterocycles. The van der Waals surface area contributed by atoms with E-state index in [0.717, 1.165) is 23.8 Å². The van der Waals surface area contributed by atoms with Gasteiger partial charge in [0.25, 0.3) is 0 Å². The van der Waals surface area contributed by atoms with Crippen LogP contribution >= 0.6 is 0 Å². The Balaban J connectivity index is 1.75. The Hall–Kier alpha value is -0.0400. The molecule has 0 aromatic heterocycles. The number of hydrogen-bond acceptors (Lipinski definition) is 1. The van der Waals surface area contributed by atoms with Gasteiger partial charge in [0.05, 0.1) is 0 Å². The van der Waals surface area contributed by atoms with E-state index < -0.39 is 0 Å². The molecule has 1 saturated heterocycles. The van der Waals surface area contributed by atoms with Gasteiger partial charge in [-0.3, -0.25) is 0 Å². The highest BCUT2D eigenvalue weighted by molar-refractivity contribution is 4.98. The van der Waals surface area contributed by atoms with Crippen LogP contribution in [0.1, 0.15) is 38.5 Å². The fourth-order valence-electron chi connectivity index (χ4n) is 3.64. The Morgan fingerprint density at radius 2 is 1.75 bits per heavy atom. The van der Waals surface area contributed by atoms with Crippen LogP contribution in [0.5, 0.6) is 0 Å². The fourth-order valence-corrected chi connectivity index (χ4v) is 3.64. The molecule has 3 rings (SSSR count). The molecule has 12 heavy (non-hydrogen) atoms. The van der Waals surface area contributed by atoms with E-state index in [2.05, 4.69) is 5.32 Å². The van der Waals surface area contributed by atoms with Crippen molar-refractivity contribution in [1.29, 1.82) is 0 Å². The first-order valence-corrected chi connectivity index (χ1v) is 5.68. The first-order valence-electron chi connectivity index (χ1n) is 5.68. The third-order valence-corrected chi connectivity index (χ3v) is 4.49. The summed E-state index contributed by atoms with van der Waals surface area (Å²) in [6, 6.07) is 0.917. The van der Waals surface area contributed by atoms with Crippen LogP contribution in [0.4, 0.5) is 0 Å². The predicted octanol–water partition coefficient (Wildman–Crippen LogP) is 2.17. The van der Waals surface area contributed by atoms with Crippen molar-refractivity contribution >= 4 is 0 Å². The molecule has 3 aliphatic rings. The lowest BCUT2D eigenvalue weighted by molar-refractivity contribution is 0.0145. The Bertz CT molecular complexity index is 176. The molecule has 1 heteroatoms. The number of fused-ring (bicyclic) bond motifs is 3. The Labute approximate surface area is 74.9 Å². The quantitative estimate of drug-likeness (QED) is 0.580. The molecule has 68 valence electrons. The van der Waals surface area contributed by atoms with Crippen LogP contribution in [0, 0.1) is 17.8 Å². The average molecular weight is 165 g/mol. The van der Waals surface area contributed by atoms with Gasteiger partial charge in [-0.2, -0.15) is 0 Å². The van der Waals surface area contributed by atoms with Crippen molar-refractivity contribution in [2.45, 2.75) is 44.6 Å². The van der Waals surface area contributed by atoms with Crippen LogP contribution in [-0.4, -0.2) is 12.6 Å². The predicted molar refractivity (Wildman–Crippen MR) is 50.0 cm³/mol. The standard InChI is InChI=1S/C11H19N/c1-2-4-11-10(3-1)9-6-5-8(9)7-12-11/h8-12H,1-7H2. The van der Waals surface area contributed by atoms with Gasteiger partial charge >= 0.3 is 0 Å². The van der Waals surface area contributed by atoms with Crippen molar-refractivity contribution in [2.24, 2.45) is 17.8 Å². The van der Waals surface area contributed by atoms with Crippen molar-refractivity contribution < 1.29 is 0 Å². The molecule has 0 bridgehead atoms. The van der Waals surface area contributed by atoms with Gasteiger partial charge < -0.3 is 5.32 Å². The lowest BCUT2D eigenvalue weighted by Gasteiger charge is -2.52. The summed E-state index contributed by atoms with van der Waals surface area (Å²) in [6.45, 7) is 1.34. The van der Waals surface area contributed by atoms with Crippen LogP contribution in [0.2, 0.25) is 0 Å². The zero-order valence-electron chi connectivity index (χ0n) is 7.76. The molecule has 0 aromatic rings. The van der Waals surface area contributed by atoms with Gasteiger partial charge in [-0.15, -0.1) is 0 Å². The fraction of sp³-hybridized carbons (Fsp3) is 1.00. The molecule has 4 atom stereocenters. The maximum Gasteiger partial charge on any atom is 0.00981 e. The van der Waals surface area contributed by atoms with Crippen molar-refractivity contribution in [3.8, 4) is 0 Å². The first-order chi connectivity index (χ1) is 5.95. The van der Waals surface area contributed by atoms with Gasteiger partial charge in [0.1, 0.15) is 0 Å². The minimum absolute atomic E-state index is 0.917. The van der Waals surface area contributed by atoms with Gasteiger partial charge in [-0.05, 0) is 50.0 Å². The maximum atomic E-state index is 3.75. The SMILES string of the molecule is C1CCC2C(C1)NCC1CCC12. The second kappa shape index (κ2) is 2.73. The van der Waals surface area contributed by atoms with E-state index in [4.69, 9.17) is 0 Å². The molecule has 2 saturated carbocycles. The summed E-state index contributed by atoms with van der Waals surface area (Å²) in [6.07, 6.45) is 9.04. The van der Waals surface area contributed by atoms with Crippen LogP contribution in [0.25, 0.3) is 0 Å². The summed E-state index contributed by atoms with van der Waals surface area (Å²) in [5.41, 5.74) is 0. The molecule has 1 nitrogen and oxygen atoms in total. The van der Waals surface area contributed by atoms with E-state index in [1.54, 1.807) is 6.42 Å². The summed E-state index contributed by atoms with van der Waals surface area (Å²) < 4.78 is 0. The topological polar surface area (TPSA) is 12.0 Å². The number of piperidine rings is 1. The van der Waals surface area contributed by atoms with Crippen molar-refractivity contribution in [3.05, 3.63) is 0 Å². The smallest absolute Gasteiger partial charge is 0.00981 e. The summed E-state index contributed by atoms with van der Waals surface area (Å²) >= 11 is 0. The highest BCUT2D eigenvalue weighted by Gasteiger charge is 2.44. The van der Waals surface area contributed by atoms with Crippen molar-refractivity contribution in [3.63, 3.8) is 0 Å². The molecular weight excluding hydrogens is 146 g/mol. The monoisotopic (exact) mass is 165 g/mol. The highest BCUT2D eigenvalue weighted by Crippen LogP contribution is 2.47. The first kappa shape index (κ1) is 7.37. The molecule has 3 fully saturated rings. The normalized spacial score (nSPS) is 52.0. The third kappa shape index (κ3) is 0.953. The minimum atomic E-state index is 0.917. The summed E-state index contributed by atoms with van der Waals surface area (Å²) in [5.74, 6) is 3.28. The molecule has 0 radical (unpaired) electrons. The summed E-state index contributed by atoms with van der Waals surface area (Å²) in [7, 11) is 0. The lowest BCUT2D eigenvalue weighted by Crippen LogP contribution is -2.55. The third-order valence-electron chi connectivity index (χ3n) is 4.49. The lowest BCUT2D eigenvalue weighted by atomic mass is 9.59. The van der Waals surface area contributed by atoms with E-state index in [9.17, 15) is 0 Å². The molecule has 0 amide bonds. The number of rotatable bonds is 0. The van der Waals surface area contributed by atoms with Crippen LogP contribution in [0.15, 0.2) is 0 Å². The maximum absolute atomic E-state index is 3.75. The van der Waals surface area contributed by atoms with Crippen molar-refractivity contribution in [1.82, 2.24) is 5.32 Å². The van der Waals surface area contributed by atoms with Gasteiger partial charge in [0, 0.05) is 6.04 Å². The number of hydrogen-bond donors (Lipinski definition) is 1. The molecule has 0 aromatic carbocycles. The largest absolute Gasteiger partial charge is 0.313 e. The molecule has 1 N–H and O–H groups in total. The molecule has 0 spiro atoms. The molecular formula is C11H19N. The zero-order valence-corrected chi connectivity index (χ0v) is 7.76. The van der Waals surface area contributed by atoms with Gasteiger partial charge in [-0.25, -0.2) is 0 Å². The Kier molecular flexibility index (Phi) is 1.68. The Morgan fingerprint density at radius 3 is 2.58 bits per heavy atom. The van der Waals surface area contributed by atoms with Crippen LogP contribution < -0.4 is 5.32 Å². The summed E-state index contributed by atoms with van der Waals surface area (Å²) in [4.78, 5) is 0. The van der Waals surface area contributed by atoms with E-state index in [0.29, 0.717) is 0 Å². The van der Waals surface area contributed by atoms with Crippen LogP contribution in [-0.2, 0) is 0 Å². The van der Waals surface area contributed by atoms with Gasteiger partial charge in [0.15, 0.2) is 0 Å². The van der Waals surface area contributed by atoms with E-state index in [1.165, 1.54) is 38.6 Å². The zero-order chi connectivity index (χ0) is 7.97. The van der Waals surface area contributed by atoms with Gasteiger partial charge in [0.2, 0.25) is 0 Å². The molecule has 2 aliphatic carbocycles. The van der Waals surface area contributed by atoms with Crippen LogP contribution in [0.3, 0.4) is 0 Å². The molecule has 1 heterocycles. The number of nitrogens with one attached hydrogen (secondary N) is 1. The van der Waals surface area contributed by atoms with E-state index >= 15 is 0 Å². The van der Waals surface area contributed by atoms with Gasteiger partial charge in [-0.1, -0.05) is 12.8 Å². The molecule has 4 unspecified atom stereocenters. The second-order valence-corrected chi connectivity index (χ2v) is 4.96. The minimum Gasteiger partial charge on any atom is -0.313 e. The van der Waals surface area contributed by atoms with E-state index in [-0.39, 0.29) is 0 Å². The van der Waals surface area contributed by atoms with Crippen molar-refractivity contribution in [2.75, 3.05) is 6.54 Å². The highest BCUT2D eigenvalue weighted by atomic mass is 15.0. The average Bonchev–Trinajstić information content (AvgIpc) is 2.05. The van der Waals surface area contributed by atoms with E-state index in [1.807, 2.05) is 0 Å². The Morgan fingerprint density at radius 1 is 0.833 bits per heavy atom.